The quantitative estimate of drug-likeness (QED) is 0.232. The van der Waals surface area contributed by atoms with Crippen molar-refractivity contribution in [3.05, 3.63) is 64.7 Å². The van der Waals surface area contributed by atoms with E-state index in [4.69, 9.17) is 9.47 Å². The van der Waals surface area contributed by atoms with Crippen molar-refractivity contribution in [2.24, 2.45) is 10.8 Å². The Kier molecular flexibility index (Phi) is 12.1. The third kappa shape index (κ3) is 12.5. The van der Waals surface area contributed by atoms with Gasteiger partial charge < -0.3 is 25.0 Å². The number of rotatable bonds is 13. The number of nitrogens with zero attached hydrogens (tertiary/aromatic N) is 1. The number of nitrogens with one attached hydrogen (secondary N) is 2. The van der Waals surface area contributed by atoms with Crippen LogP contribution in [-0.2, 0) is 24.1 Å². The van der Waals surface area contributed by atoms with E-state index in [1.54, 1.807) is 0 Å². The summed E-state index contributed by atoms with van der Waals surface area (Å²) in [6.07, 6.45) is 2.73. The molecule has 1 aliphatic heterocycles. The lowest BCUT2D eigenvalue weighted by atomic mass is 9.84. The van der Waals surface area contributed by atoms with E-state index < -0.39 is 0 Å². The van der Waals surface area contributed by atoms with Crippen molar-refractivity contribution in [3.63, 3.8) is 0 Å². The van der Waals surface area contributed by atoms with Gasteiger partial charge in [-0.15, -0.1) is 0 Å². The first-order valence-corrected chi connectivity index (χ1v) is 16.5. The molecule has 1 amide bonds. The highest BCUT2D eigenvalue weighted by Crippen LogP contribution is 2.29. The third-order valence-electron chi connectivity index (χ3n) is 7.67. The van der Waals surface area contributed by atoms with Gasteiger partial charge >= 0.3 is 0 Å². The van der Waals surface area contributed by atoms with Crippen LogP contribution in [0.5, 0.6) is 5.75 Å². The maximum Gasteiger partial charge on any atom is 0.257 e. The molecule has 6 nitrogen and oxygen atoms in total. The minimum atomic E-state index is -0.149. The molecule has 6 heteroatoms. The zero-order valence-corrected chi connectivity index (χ0v) is 29.7. The van der Waals surface area contributed by atoms with Crippen molar-refractivity contribution in [1.82, 2.24) is 15.5 Å². The number of hydrogen-bond acceptors (Lipinski definition) is 5. The van der Waals surface area contributed by atoms with Gasteiger partial charge in [0.25, 0.3) is 5.91 Å². The van der Waals surface area contributed by atoms with Gasteiger partial charge in [0.15, 0.2) is 0 Å². The Morgan fingerprint density at radius 3 is 2.25 bits per heavy atom. The molecule has 1 aliphatic rings. The van der Waals surface area contributed by atoms with E-state index in [1.807, 2.05) is 29.2 Å². The van der Waals surface area contributed by atoms with Crippen molar-refractivity contribution in [2.45, 2.75) is 119 Å². The van der Waals surface area contributed by atoms with Gasteiger partial charge in [0.2, 0.25) is 0 Å². The molecule has 1 saturated heterocycles. The normalized spacial score (nSPS) is 16.4. The van der Waals surface area contributed by atoms with Crippen LogP contribution in [0.15, 0.2) is 42.5 Å². The van der Waals surface area contributed by atoms with Gasteiger partial charge in [-0.25, -0.2) is 0 Å². The second-order valence-corrected chi connectivity index (χ2v) is 16.8. The molecule has 0 aliphatic carbocycles. The van der Waals surface area contributed by atoms with Gasteiger partial charge in [-0.3, -0.25) is 4.79 Å². The monoisotopic (exact) mass is 607 g/mol. The number of carbonyl (C=O) groups is 1. The predicted molar refractivity (Wildman–Crippen MR) is 184 cm³/mol. The van der Waals surface area contributed by atoms with Crippen LogP contribution in [0.1, 0.15) is 110 Å². The molecule has 2 N–H and O–H groups in total. The molecule has 1 heterocycles. The Bertz CT molecular complexity index is 1220. The number of ether oxygens (including phenoxy) is 2. The predicted octanol–water partition coefficient (Wildman–Crippen LogP) is 7.43. The Labute approximate surface area is 268 Å². The molecular weight excluding hydrogens is 546 g/mol. The van der Waals surface area contributed by atoms with Crippen LogP contribution in [-0.4, -0.2) is 60.8 Å². The van der Waals surface area contributed by atoms with E-state index in [2.05, 4.69) is 105 Å². The lowest BCUT2D eigenvalue weighted by Crippen LogP contribution is -2.45. The smallest absolute Gasteiger partial charge is 0.257 e. The first kappa shape index (κ1) is 36.1. The average Bonchev–Trinajstić information content (AvgIpc) is 3.35. The van der Waals surface area contributed by atoms with Gasteiger partial charge in [-0.1, -0.05) is 65.0 Å². The zero-order chi connectivity index (χ0) is 32.8. The third-order valence-corrected chi connectivity index (χ3v) is 7.67. The SMILES string of the molecule is CC(C)(C)COCCc1ccc(CNC(C)(C)C)c(CC(C)(C)COc2ccccc2C(=O)N2CC[C@@H](NC(C)(C)C)C2)c1. The second kappa shape index (κ2) is 14.8. The van der Waals surface area contributed by atoms with Gasteiger partial charge in [0, 0.05) is 42.2 Å². The summed E-state index contributed by atoms with van der Waals surface area (Å²) < 4.78 is 12.4. The maximum atomic E-state index is 13.6. The summed E-state index contributed by atoms with van der Waals surface area (Å²) in [6.45, 7) is 28.5. The Morgan fingerprint density at radius 2 is 1.59 bits per heavy atom. The maximum absolute atomic E-state index is 13.6. The second-order valence-electron chi connectivity index (χ2n) is 16.8. The summed E-state index contributed by atoms with van der Waals surface area (Å²) in [5.74, 6) is 0.714. The molecule has 246 valence electrons. The van der Waals surface area contributed by atoms with Crippen LogP contribution in [0.4, 0.5) is 0 Å². The summed E-state index contributed by atoms with van der Waals surface area (Å²) in [6, 6.07) is 14.9. The van der Waals surface area contributed by atoms with E-state index in [-0.39, 0.29) is 27.8 Å². The summed E-state index contributed by atoms with van der Waals surface area (Å²) >= 11 is 0. The van der Waals surface area contributed by atoms with Crippen LogP contribution < -0.4 is 15.4 Å². The topological polar surface area (TPSA) is 62.8 Å². The zero-order valence-electron chi connectivity index (χ0n) is 29.7. The molecule has 2 aromatic carbocycles. The molecule has 44 heavy (non-hydrogen) atoms. The molecule has 2 aromatic rings. The summed E-state index contributed by atoms with van der Waals surface area (Å²) in [4.78, 5) is 15.6. The lowest BCUT2D eigenvalue weighted by molar-refractivity contribution is 0.0733. The van der Waals surface area contributed by atoms with Crippen molar-refractivity contribution in [2.75, 3.05) is 32.9 Å². The van der Waals surface area contributed by atoms with Crippen molar-refractivity contribution >= 4 is 5.91 Å². The number of hydrogen-bond donors (Lipinski definition) is 2. The molecule has 0 bridgehead atoms. The fourth-order valence-corrected chi connectivity index (χ4v) is 5.55. The van der Waals surface area contributed by atoms with Crippen LogP contribution in [0, 0.1) is 10.8 Å². The lowest BCUT2D eigenvalue weighted by Gasteiger charge is -2.28. The van der Waals surface area contributed by atoms with E-state index in [0.717, 1.165) is 52.1 Å². The van der Waals surface area contributed by atoms with Crippen LogP contribution in [0.25, 0.3) is 0 Å². The van der Waals surface area contributed by atoms with E-state index in [0.29, 0.717) is 24.0 Å². The molecule has 0 aromatic heterocycles. The van der Waals surface area contributed by atoms with Crippen LogP contribution in [0.2, 0.25) is 0 Å². The summed E-state index contributed by atoms with van der Waals surface area (Å²) in [5, 5.41) is 7.32. The fraction of sp³-hybridized carbons (Fsp3) is 0.658. The van der Waals surface area contributed by atoms with Gasteiger partial charge in [-0.2, -0.15) is 0 Å². The highest BCUT2D eigenvalue weighted by atomic mass is 16.5. The number of carbonyl (C=O) groups excluding carboxylic acids is 1. The molecule has 1 fully saturated rings. The van der Waals surface area contributed by atoms with E-state index in [9.17, 15) is 4.79 Å². The van der Waals surface area contributed by atoms with Crippen LogP contribution in [0.3, 0.4) is 0 Å². The fourth-order valence-electron chi connectivity index (χ4n) is 5.55. The minimum absolute atomic E-state index is 0.0263. The first-order chi connectivity index (χ1) is 20.3. The molecule has 0 saturated carbocycles. The first-order valence-electron chi connectivity index (χ1n) is 16.5. The molecule has 0 radical (unpaired) electrons. The largest absolute Gasteiger partial charge is 0.492 e. The van der Waals surface area contributed by atoms with E-state index >= 15 is 0 Å². The van der Waals surface area contributed by atoms with E-state index in [1.165, 1.54) is 16.7 Å². The number of para-hydroxylation sites is 1. The molecule has 0 unspecified atom stereocenters. The minimum Gasteiger partial charge on any atom is -0.492 e. The Morgan fingerprint density at radius 1 is 0.886 bits per heavy atom. The standard InChI is InChI=1S/C38H61N3O3/c1-35(2,3)26-43-21-19-28-16-17-29(24-39-36(4,5)6)30(22-28)23-38(10,11)27-44-33-15-13-12-14-32(33)34(42)41-20-18-31(25-41)40-37(7,8)9/h12-17,22,31,39-40H,18-21,23-27H2,1-11H3/t31-/m1/s1. The van der Waals surface area contributed by atoms with Crippen LogP contribution >= 0.6 is 0 Å². The van der Waals surface area contributed by atoms with Gasteiger partial charge in [0.05, 0.1) is 25.4 Å². The van der Waals surface area contributed by atoms with Crippen molar-refractivity contribution in [1.29, 1.82) is 0 Å². The molecule has 1 atom stereocenters. The van der Waals surface area contributed by atoms with Gasteiger partial charge in [-0.05, 0) is 95.0 Å². The number of benzene rings is 2. The average molecular weight is 608 g/mol. The number of amides is 1. The molecular formula is C38H61N3O3. The Balaban J connectivity index is 1.70. The summed E-state index contributed by atoms with van der Waals surface area (Å²) in [7, 11) is 0. The number of likely N-dealkylation sites (tertiary alicyclic amines) is 1. The van der Waals surface area contributed by atoms with Crippen molar-refractivity contribution < 1.29 is 14.3 Å². The van der Waals surface area contributed by atoms with Gasteiger partial charge in [0.1, 0.15) is 5.75 Å². The van der Waals surface area contributed by atoms with Crippen molar-refractivity contribution in [3.8, 4) is 5.75 Å². The molecule has 3 rings (SSSR count). The highest BCUT2D eigenvalue weighted by molar-refractivity contribution is 5.97. The molecule has 0 spiro atoms. The Hall–Kier alpha value is -2.41. The summed E-state index contributed by atoms with van der Waals surface area (Å²) in [5.41, 5.74) is 4.67. The highest BCUT2D eigenvalue weighted by Gasteiger charge is 2.31.